The standard InChI is InChI=1S/C11H16ClN3O2S/c1-14-7-13-11(10(14)12)18(16,17)15-5-8-3-2-4-9(8)6-15/h7-9H,2-6H2,1H3. The van der Waals surface area contributed by atoms with Crippen LogP contribution in [0.15, 0.2) is 11.4 Å². The minimum atomic E-state index is -3.52. The highest BCUT2D eigenvalue weighted by Gasteiger charge is 2.42. The molecule has 0 aromatic carbocycles. The molecule has 1 saturated heterocycles. The number of aromatic nitrogens is 2. The number of fused-ring (bicyclic) bond motifs is 1. The molecule has 2 fully saturated rings. The average Bonchev–Trinajstić information content (AvgIpc) is 2.94. The van der Waals surface area contributed by atoms with E-state index in [1.54, 1.807) is 11.4 Å². The van der Waals surface area contributed by atoms with E-state index in [0.29, 0.717) is 24.9 Å². The molecule has 0 amide bonds. The summed E-state index contributed by atoms with van der Waals surface area (Å²) in [4.78, 5) is 3.93. The van der Waals surface area contributed by atoms with Crippen LogP contribution in [-0.4, -0.2) is 35.4 Å². The summed E-state index contributed by atoms with van der Waals surface area (Å²) in [5.41, 5.74) is 0. The lowest BCUT2D eigenvalue weighted by Gasteiger charge is -2.15. The molecule has 0 radical (unpaired) electrons. The second kappa shape index (κ2) is 4.21. The van der Waals surface area contributed by atoms with E-state index in [-0.39, 0.29) is 10.2 Å². The Labute approximate surface area is 112 Å². The minimum absolute atomic E-state index is 0.00774. The molecule has 1 aliphatic heterocycles. The minimum Gasteiger partial charge on any atom is -0.324 e. The van der Waals surface area contributed by atoms with Gasteiger partial charge in [0.05, 0.1) is 6.33 Å². The molecule has 2 aliphatic rings. The molecule has 0 bridgehead atoms. The van der Waals surface area contributed by atoms with Gasteiger partial charge in [0, 0.05) is 20.1 Å². The third kappa shape index (κ3) is 1.78. The molecular formula is C11H16ClN3O2S. The van der Waals surface area contributed by atoms with Crippen LogP contribution in [0.25, 0.3) is 0 Å². The Hall–Kier alpha value is -0.590. The molecular weight excluding hydrogens is 274 g/mol. The Balaban J connectivity index is 1.90. The maximum absolute atomic E-state index is 12.5. The summed E-state index contributed by atoms with van der Waals surface area (Å²) < 4.78 is 28.0. The zero-order chi connectivity index (χ0) is 12.9. The van der Waals surface area contributed by atoms with E-state index in [0.717, 1.165) is 12.8 Å². The SMILES string of the molecule is Cn1cnc(S(=O)(=O)N2CC3CCCC3C2)c1Cl. The fraction of sp³-hybridized carbons (Fsp3) is 0.727. The number of hydrogen-bond donors (Lipinski definition) is 0. The van der Waals surface area contributed by atoms with Crippen LogP contribution < -0.4 is 0 Å². The van der Waals surface area contributed by atoms with Gasteiger partial charge in [-0.15, -0.1) is 0 Å². The molecule has 5 nitrogen and oxygen atoms in total. The summed E-state index contributed by atoms with van der Waals surface area (Å²) in [7, 11) is -1.83. The number of halogens is 1. The smallest absolute Gasteiger partial charge is 0.263 e. The van der Waals surface area contributed by atoms with Crippen LogP contribution in [0, 0.1) is 11.8 Å². The second-order valence-electron chi connectivity index (χ2n) is 5.22. The van der Waals surface area contributed by atoms with E-state index in [1.165, 1.54) is 17.3 Å². The molecule has 1 aliphatic carbocycles. The van der Waals surface area contributed by atoms with Crippen molar-refractivity contribution in [2.24, 2.45) is 18.9 Å². The zero-order valence-corrected chi connectivity index (χ0v) is 11.8. The highest BCUT2D eigenvalue weighted by atomic mass is 35.5. The van der Waals surface area contributed by atoms with Gasteiger partial charge in [0.15, 0.2) is 0 Å². The summed E-state index contributed by atoms with van der Waals surface area (Å²) in [6, 6.07) is 0. The summed E-state index contributed by atoms with van der Waals surface area (Å²) in [6.45, 7) is 1.25. The maximum atomic E-state index is 12.5. The van der Waals surface area contributed by atoms with Gasteiger partial charge in [-0.05, 0) is 24.7 Å². The highest BCUT2D eigenvalue weighted by molar-refractivity contribution is 7.89. The largest absolute Gasteiger partial charge is 0.324 e. The van der Waals surface area contributed by atoms with Crippen molar-refractivity contribution >= 4 is 21.6 Å². The van der Waals surface area contributed by atoms with Gasteiger partial charge >= 0.3 is 0 Å². The van der Waals surface area contributed by atoms with Crippen LogP contribution >= 0.6 is 11.6 Å². The topological polar surface area (TPSA) is 55.2 Å². The molecule has 2 atom stereocenters. The van der Waals surface area contributed by atoms with Gasteiger partial charge in [-0.3, -0.25) is 0 Å². The zero-order valence-electron chi connectivity index (χ0n) is 10.2. The van der Waals surface area contributed by atoms with Crippen LogP contribution in [0.5, 0.6) is 0 Å². The van der Waals surface area contributed by atoms with Gasteiger partial charge in [-0.1, -0.05) is 18.0 Å². The van der Waals surface area contributed by atoms with Crippen molar-refractivity contribution < 1.29 is 8.42 Å². The fourth-order valence-electron chi connectivity index (χ4n) is 3.08. The quantitative estimate of drug-likeness (QED) is 0.829. The molecule has 0 spiro atoms. The Kier molecular flexibility index (Phi) is 2.91. The van der Waals surface area contributed by atoms with Crippen molar-refractivity contribution in [1.82, 2.24) is 13.9 Å². The molecule has 1 aromatic rings. The van der Waals surface area contributed by atoms with Crippen LogP contribution in [0.4, 0.5) is 0 Å². The van der Waals surface area contributed by atoms with E-state index in [4.69, 9.17) is 11.6 Å². The summed E-state index contributed by atoms with van der Waals surface area (Å²) in [6.07, 6.45) is 4.96. The number of nitrogens with zero attached hydrogens (tertiary/aromatic N) is 3. The van der Waals surface area contributed by atoms with E-state index in [1.807, 2.05) is 0 Å². The Morgan fingerprint density at radius 2 is 1.94 bits per heavy atom. The van der Waals surface area contributed by atoms with Crippen molar-refractivity contribution in [3.05, 3.63) is 11.5 Å². The predicted octanol–water partition coefficient (Wildman–Crippen LogP) is 1.49. The predicted molar refractivity (Wildman–Crippen MR) is 67.8 cm³/mol. The van der Waals surface area contributed by atoms with Crippen LogP contribution in [0.1, 0.15) is 19.3 Å². The summed E-state index contributed by atoms with van der Waals surface area (Å²) >= 11 is 5.99. The van der Waals surface area contributed by atoms with Gasteiger partial charge in [-0.25, -0.2) is 13.4 Å². The molecule has 1 aromatic heterocycles. The molecule has 7 heteroatoms. The normalized spacial score (nSPS) is 28.8. The average molecular weight is 290 g/mol. The first-order valence-corrected chi connectivity index (χ1v) is 7.99. The molecule has 2 heterocycles. The third-order valence-corrected chi connectivity index (χ3v) is 6.43. The monoisotopic (exact) mass is 289 g/mol. The van der Waals surface area contributed by atoms with E-state index >= 15 is 0 Å². The van der Waals surface area contributed by atoms with Crippen LogP contribution in [0.3, 0.4) is 0 Å². The molecule has 2 unspecified atom stereocenters. The molecule has 1 saturated carbocycles. The van der Waals surface area contributed by atoms with Crippen molar-refractivity contribution in [2.75, 3.05) is 13.1 Å². The van der Waals surface area contributed by atoms with Crippen molar-refractivity contribution in [3.8, 4) is 0 Å². The first kappa shape index (κ1) is 12.4. The second-order valence-corrected chi connectivity index (χ2v) is 7.44. The number of aryl methyl sites for hydroxylation is 1. The van der Waals surface area contributed by atoms with Gasteiger partial charge in [0.2, 0.25) is 5.03 Å². The lowest BCUT2D eigenvalue weighted by molar-refractivity contribution is 0.443. The molecule has 100 valence electrons. The van der Waals surface area contributed by atoms with E-state index in [9.17, 15) is 8.42 Å². The van der Waals surface area contributed by atoms with Crippen molar-refractivity contribution in [1.29, 1.82) is 0 Å². The third-order valence-electron chi connectivity index (χ3n) is 4.11. The Bertz CT molecular complexity index is 557. The van der Waals surface area contributed by atoms with Crippen LogP contribution in [0.2, 0.25) is 5.15 Å². The summed E-state index contributed by atoms with van der Waals surface area (Å²) in [5, 5.41) is 0.179. The van der Waals surface area contributed by atoms with Crippen molar-refractivity contribution in [3.63, 3.8) is 0 Å². The number of sulfonamides is 1. The first-order valence-electron chi connectivity index (χ1n) is 6.17. The van der Waals surface area contributed by atoms with Gasteiger partial charge in [-0.2, -0.15) is 4.31 Å². The number of imidazole rings is 1. The molecule has 0 N–H and O–H groups in total. The van der Waals surface area contributed by atoms with Gasteiger partial charge < -0.3 is 4.57 Å². The van der Waals surface area contributed by atoms with Gasteiger partial charge in [0.25, 0.3) is 10.0 Å². The Morgan fingerprint density at radius 1 is 1.33 bits per heavy atom. The van der Waals surface area contributed by atoms with Crippen LogP contribution in [-0.2, 0) is 17.1 Å². The van der Waals surface area contributed by atoms with Gasteiger partial charge in [0.1, 0.15) is 5.15 Å². The van der Waals surface area contributed by atoms with E-state index in [2.05, 4.69) is 4.98 Å². The summed E-state index contributed by atoms with van der Waals surface area (Å²) in [5.74, 6) is 1.06. The fourth-order valence-corrected chi connectivity index (χ4v) is 5.02. The molecule has 18 heavy (non-hydrogen) atoms. The lowest BCUT2D eigenvalue weighted by atomic mass is 10.0. The lowest BCUT2D eigenvalue weighted by Crippen LogP contribution is -2.30. The highest BCUT2D eigenvalue weighted by Crippen LogP contribution is 2.40. The van der Waals surface area contributed by atoms with E-state index < -0.39 is 10.0 Å². The first-order chi connectivity index (χ1) is 8.50. The maximum Gasteiger partial charge on any atom is 0.263 e. The number of rotatable bonds is 2. The molecule has 3 rings (SSSR count). The van der Waals surface area contributed by atoms with Crippen molar-refractivity contribution in [2.45, 2.75) is 24.3 Å². The number of hydrogen-bond acceptors (Lipinski definition) is 3. The Morgan fingerprint density at radius 3 is 2.44 bits per heavy atom.